The number of piperazine rings is 1. The molecule has 1 aliphatic carbocycles. The van der Waals surface area contributed by atoms with Gasteiger partial charge in [-0.1, -0.05) is 12.8 Å². The number of hydrogen-bond acceptors (Lipinski definition) is 3. The molecular weight excluding hydrogens is 286 g/mol. The number of ether oxygens (including phenoxy) is 1. The summed E-state index contributed by atoms with van der Waals surface area (Å²) in [6, 6.07) is 2.53. The van der Waals surface area contributed by atoms with Gasteiger partial charge in [-0.15, -0.1) is 0 Å². The van der Waals surface area contributed by atoms with E-state index in [9.17, 15) is 8.78 Å². The Labute approximate surface area is 130 Å². The van der Waals surface area contributed by atoms with E-state index in [0.717, 1.165) is 51.9 Å². The van der Waals surface area contributed by atoms with Gasteiger partial charge >= 0.3 is 0 Å². The Hall–Kier alpha value is -1.20. The number of benzene rings is 1. The first-order valence-electron chi connectivity index (χ1n) is 8.19. The van der Waals surface area contributed by atoms with E-state index >= 15 is 0 Å². The van der Waals surface area contributed by atoms with Gasteiger partial charge in [0.25, 0.3) is 0 Å². The Balaban J connectivity index is 2.01. The van der Waals surface area contributed by atoms with Gasteiger partial charge in [-0.2, -0.15) is 0 Å². The lowest BCUT2D eigenvalue weighted by Gasteiger charge is -2.39. The quantitative estimate of drug-likeness (QED) is 0.925. The zero-order chi connectivity index (χ0) is 15.5. The zero-order valence-corrected chi connectivity index (χ0v) is 13.1. The smallest absolute Gasteiger partial charge is 0.172 e. The van der Waals surface area contributed by atoms with E-state index < -0.39 is 11.6 Å². The fourth-order valence-corrected chi connectivity index (χ4v) is 3.93. The standard InChI is InChI=1S/C17H24F2N2O/c1-22-14-7-6-13(18)15(16(14)19)17(12-4-2-3-5-12)21-10-8-20-9-11-21/h6-7,12,17,20H,2-5,8-11H2,1H3/t17-/m0/s1. The second kappa shape index (κ2) is 6.92. The largest absolute Gasteiger partial charge is 0.494 e. The summed E-state index contributed by atoms with van der Waals surface area (Å²) in [5, 5.41) is 3.31. The van der Waals surface area contributed by atoms with Crippen molar-refractivity contribution in [1.82, 2.24) is 10.2 Å². The lowest BCUT2D eigenvalue weighted by molar-refractivity contribution is 0.118. The monoisotopic (exact) mass is 310 g/mol. The Morgan fingerprint density at radius 2 is 1.86 bits per heavy atom. The molecule has 1 heterocycles. The highest BCUT2D eigenvalue weighted by Crippen LogP contribution is 2.42. The molecule has 0 spiro atoms. The van der Waals surface area contributed by atoms with E-state index in [1.807, 2.05) is 0 Å². The van der Waals surface area contributed by atoms with Crippen LogP contribution in [0, 0.1) is 17.6 Å². The van der Waals surface area contributed by atoms with Gasteiger partial charge in [-0.05, 0) is 30.9 Å². The van der Waals surface area contributed by atoms with Gasteiger partial charge in [-0.25, -0.2) is 8.78 Å². The molecule has 3 nitrogen and oxygen atoms in total. The van der Waals surface area contributed by atoms with Crippen LogP contribution < -0.4 is 10.1 Å². The molecule has 3 rings (SSSR count). The summed E-state index contributed by atoms with van der Waals surface area (Å²) in [7, 11) is 1.43. The van der Waals surface area contributed by atoms with E-state index in [0.29, 0.717) is 5.92 Å². The fourth-order valence-electron chi connectivity index (χ4n) is 3.93. The van der Waals surface area contributed by atoms with E-state index in [1.165, 1.54) is 19.2 Å². The van der Waals surface area contributed by atoms with Crippen LogP contribution in [0.5, 0.6) is 5.75 Å². The van der Waals surface area contributed by atoms with Gasteiger partial charge in [0.05, 0.1) is 7.11 Å². The van der Waals surface area contributed by atoms with Crippen molar-refractivity contribution in [2.24, 2.45) is 5.92 Å². The average molecular weight is 310 g/mol. The van der Waals surface area contributed by atoms with Gasteiger partial charge in [-0.3, -0.25) is 4.90 Å². The van der Waals surface area contributed by atoms with Crippen molar-refractivity contribution in [2.75, 3.05) is 33.3 Å². The first-order valence-corrected chi connectivity index (χ1v) is 8.19. The predicted octanol–water partition coefficient (Wildman–Crippen LogP) is 3.11. The number of halogens is 2. The lowest BCUT2D eigenvalue weighted by atomic mass is 9.89. The van der Waals surface area contributed by atoms with E-state index in [1.54, 1.807) is 0 Å². The molecule has 1 aromatic rings. The van der Waals surface area contributed by atoms with Crippen LogP contribution in [0.3, 0.4) is 0 Å². The SMILES string of the molecule is COc1ccc(F)c([C@H](C2CCCC2)N2CCNCC2)c1F. The Morgan fingerprint density at radius 1 is 1.18 bits per heavy atom. The fraction of sp³-hybridized carbons (Fsp3) is 0.647. The number of methoxy groups -OCH3 is 1. The van der Waals surface area contributed by atoms with Crippen molar-refractivity contribution in [3.05, 3.63) is 29.3 Å². The molecule has 1 saturated carbocycles. The van der Waals surface area contributed by atoms with Crippen LogP contribution in [-0.4, -0.2) is 38.2 Å². The molecule has 5 heteroatoms. The maximum atomic E-state index is 14.8. The van der Waals surface area contributed by atoms with Crippen LogP contribution in [0.2, 0.25) is 0 Å². The number of nitrogens with one attached hydrogen (secondary N) is 1. The van der Waals surface area contributed by atoms with Gasteiger partial charge in [0.2, 0.25) is 0 Å². The zero-order valence-electron chi connectivity index (χ0n) is 13.1. The third-order valence-electron chi connectivity index (χ3n) is 5.00. The molecule has 2 fully saturated rings. The molecule has 122 valence electrons. The molecule has 0 unspecified atom stereocenters. The van der Waals surface area contributed by atoms with Crippen LogP contribution in [0.25, 0.3) is 0 Å². The molecular formula is C17H24F2N2O. The minimum atomic E-state index is -0.530. The molecule has 0 bridgehead atoms. The summed E-state index contributed by atoms with van der Waals surface area (Å²) < 4.78 is 34.3. The van der Waals surface area contributed by atoms with E-state index in [2.05, 4.69) is 10.2 Å². The molecule has 22 heavy (non-hydrogen) atoms. The van der Waals surface area contributed by atoms with Gasteiger partial charge in [0.1, 0.15) is 5.82 Å². The van der Waals surface area contributed by atoms with Crippen molar-refractivity contribution < 1.29 is 13.5 Å². The average Bonchev–Trinajstić information content (AvgIpc) is 3.06. The normalized spacial score (nSPS) is 22.0. The third kappa shape index (κ3) is 2.97. The van der Waals surface area contributed by atoms with Crippen molar-refractivity contribution in [3.8, 4) is 5.75 Å². The number of nitrogens with zero attached hydrogens (tertiary/aromatic N) is 1. The number of hydrogen-bond donors (Lipinski definition) is 1. The molecule has 0 aromatic heterocycles. The second-order valence-corrected chi connectivity index (χ2v) is 6.25. The Kier molecular flexibility index (Phi) is 4.93. The molecule has 1 saturated heterocycles. The van der Waals surface area contributed by atoms with E-state index in [-0.39, 0.29) is 17.4 Å². The molecule has 2 aliphatic rings. The van der Waals surface area contributed by atoms with Crippen molar-refractivity contribution >= 4 is 0 Å². The van der Waals surface area contributed by atoms with Crippen LogP contribution in [0.15, 0.2) is 12.1 Å². The van der Waals surface area contributed by atoms with Crippen LogP contribution >= 0.6 is 0 Å². The topological polar surface area (TPSA) is 24.5 Å². The van der Waals surface area contributed by atoms with Crippen molar-refractivity contribution in [2.45, 2.75) is 31.7 Å². The summed E-state index contributed by atoms with van der Waals surface area (Å²) in [4.78, 5) is 2.24. The maximum Gasteiger partial charge on any atom is 0.172 e. The first kappa shape index (κ1) is 15.7. The third-order valence-corrected chi connectivity index (χ3v) is 5.00. The van der Waals surface area contributed by atoms with E-state index in [4.69, 9.17) is 4.74 Å². The highest BCUT2D eigenvalue weighted by molar-refractivity contribution is 5.35. The van der Waals surface area contributed by atoms with Gasteiger partial charge in [0, 0.05) is 37.8 Å². The minimum Gasteiger partial charge on any atom is -0.494 e. The molecule has 1 atom stereocenters. The maximum absolute atomic E-state index is 14.8. The summed E-state index contributed by atoms with van der Waals surface area (Å²) in [5.74, 6) is -0.518. The second-order valence-electron chi connectivity index (χ2n) is 6.25. The molecule has 1 aliphatic heterocycles. The first-order chi connectivity index (χ1) is 10.7. The van der Waals surface area contributed by atoms with Gasteiger partial charge < -0.3 is 10.1 Å². The van der Waals surface area contributed by atoms with Crippen LogP contribution in [0.1, 0.15) is 37.3 Å². The van der Waals surface area contributed by atoms with Crippen molar-refractivity contribution in [1.29, 1.82) is 0 Å². The summed E-state index contributed by atoms with van der Waals surface area (Å²) in [6.45, 7) is 3.40. The molecule has 1 N–H and O–H groups in total. The Bertz CT molecular complexity index is 512. The highest BCUT2D eigenvalue weighted by atomic mass is 19.1. The van der Waals surface area contributed by atoms with Gasteiger partial charge in [0.15, 0.2) is 11.6 Å². The summed E-state index contributed by atoms with van der Waals surface area (Å²) >= 11 is 0. The van der Waals surface area contributed by atoms with Crippen LogP contribution in [0.4, 0.5) is 8.78 Å². The van der Waals surface area contributed by atoms with Crippen molar-refractivity contribution in [3.63, 3.8) is 0 Å². The lowest BCUT2D eigenvalue weighted by Crippen LogP contribution is -2.47. The Morgan fingerprint density at radius 3 is 2.50 bits per heavy atom. The minimum absolute atomic E-state index is 0.134. The van der Waals surface area contributed by atoms with Crippen LogP contribution in [-0.2, 0) is 0 Å². The summed E-state index contributed by atoms with van der Waals surface area (Å²) in [6.07, 6.45) is 4.40. The molecule has 0 radical (unpaired) electrons. The molecule has 0 amide bonds. The number of rotatable bonds is 4. The molecule has 1 aromatic carbocycles. The summed E-state index contributed by atoms with van der Waals surface area (Å²) in [5.41, 5.74) is 0.202. The predicted molar refractivity (Wildman–Crippen MR) is 82.1 cm³/mol. The highest BCUT2D eigenvalue weighted by Gasteiger charge is 2.36.